The molecule has 0 N–H and O–H groups in total. The standard InChI is InChI=1S/C19H20FNO5S/c1-13-11-21(12-14(2)25-13)27(23,24)16-9-7-15(8-10-16)19(22)26-18-6-4-3-5-17(18)20/h3-10,13-14H,11-12H2,1-2H3/t13-,14-/m0/s1. The van der Waals surface area contributed by atoms with Crippen LogP contribution in [0.1, 0.15) is 24.2 Å². The van der Waals surface area contributed by atoms with Gasteiger partial charge in [0.15, 0.2) is 11.6 Å². The summed E-state index contributed by atoms with van der Waals surface area (Å²) in [5, 5.41) is 0. The fourth-order valence-electron chi connectivity index (χ4n) is 2.93. The topological polar surface area (TPSA) is 72.9 Å². The lowest BCUT2D eigenvalue weighted by Crippen LogP contribution is -2.48. The van der Waals surface area contributed by atoms with E-state index in [0.717, 1.165) is 0 Å². The normalized spacial score (nSPS) is 21.0. The van der Waals surface area contributed by atoms with Gasteiger partial charge in [0.05, 0.1) is 22.7 Å². The van der Waals surface area contributed by atoms with Crippen molar-refractivity contribution in [1.29, 1.82) is 0 Å². The van der Waals surface area contributed by atoms with Crippen molar-refractivity contribution in [2.45, 2.75) is 31.0 Å². The van der Waals surface area contributed by atoms with E-state index >= 15 is 0 Å². The zero-order valence-electron chi connectivity index (χ0n) is 15.0. The molecule has 27 heavy (non-hydrogen) atoms. The van der Waals surface area contributed by atoms with Gasteiger partial charge in [0, 0.05) is 13.1 Å². The molecule has 1 saturated heterocycles. The Labute approximate surface area is 157 Å². The molecule has 1 heterocycles. The van der Waals surface area contributed by atoms with Crippen LogP contribution in [-0.2, 0) is 14.8 Å². The van der Waals surface area contributed by atoms with E-state index in [9.17, 15) is 17.6 Å². The average Bonchev–Trinajstić information content (AvgIpc) is 2.63. The summed E-state index contributed by atoms with van der Waals surface area (Å²) in [6, 6.07) is 10.9. The molecule has 0 radical (unpaired) electrons. The van der Waals surface area contributed by atoms with Gasteiger partial charge in [-0.3, -0.25) is 0 Å². The minimum atomic E-state index is -3.69. The van der Waals surface area contributed by atoms with E-state index in [4.69, 9.17) is 9.47 Å². The summed E-state index contributed by atoms with van der Waals surface area (Å²) < 4.78 is 51.1. The molecule has 2 atom stereocenters. The Balaban J connectivity index is 1.76. The fraction of sp³-hybridized carbons (Fsp3) is 0.316. The number of carbonyl (C=O) groups excluding carboxylic acids is 1. The number of halogens is 1. The Hall–Kier alpha value is -2.29. The van der Waals surface area contributed by atoms with Gasteiger partial charge in [-0.25, -0.2) is 17.6 Å². The number of ether oxygens (including phenoxy) is 2. The number of sulfonamides is 1. The summed E-state index contributed by atoms with van der Waals surface area (Å²) in [6.45, 7) is 4.17. The maximum absolute atomic E-state index is 13.6. The number of benzene rings is 2. The smallest absolute Gasteiger partial charge is 0.343 e. The van der Waals surface area contributed by atoms with E-state index in [1.165, 1.54) is 46.8 Å². The number of rotatable bonds is 4. The van der Waals surface area contributed by atoms with Crippen molar-refractivity contribution in [2.24, 2.45) is 0 Å². The van der Waals surface area contributed by atoms with Gasteiger partial charge < -0.3 is 9.47 Å². The molecule has 0 aliphatic carbocycles. The molecular weight excluding hydrogens is 373 g/mol. The van der Waals surface area contributed by atoms with Crippen LogP contribution < -0.4 is 4.74 Å². The number of hydrogen-bond donors (Lipinski definition) is 0. The van der Waals surface area contributed by atoms with Gasteiger partial charge >= 0.3 is 5.97 Å². The SMILES string of the molecule is C[C@H]1CN(S(=O)(=O)c2ccc(C(=O)Oc3ccccc3F)cc2)C[C@H](C)O1. The second-order valence-corrected chi connectivity index (χ2v) is 8.36. The summed E-state index contributed by atoms with van der Waals surface area (Å²) in [5.41, 5.74) is 0.126. The van der Waals surface area contributed by atoms with Gasteiger partial charge in [-0.05, 0) is 50.2 Å². The molecular formula is C19H20FNO5S. The Morgan fingerprint density at radius 3 is 2.26 bits per heavy atom. The number of carbonyl (C=O) groups is 1. The first-order valence-corrected chi connectivity index (χ1v) is 9.94. The summed E-state index contributed by atoms with van der Waals surface area (Å²) in [6.07, 6.45) is -0.392. The van der Waals surface area contributed by atoms with Crippen LogP contribution in [0.15, 0.2) is 53.4 Å². The Kier molecular flexibility index (Phi) is 5.59. The largest absolute Gasteiger partial charge is 0.420 e. The van der Waals surface area contributed by atoms with E-state index in [-0.39, 0.29) is 41.5 Å². The third-order valence-corrected chi connectivity index (χ3v) is 6.00. The van der Waals surface area contributed by atoms with Crippen LogP contribution in [0.3, 0.4) is 0 Å². The highest BCUT2D eigenvalue weighted by Crippen LogP contribution is 2.22. The molecule has 0 unspecified atom stereocenters. The number of para-hydroxylation sites is 1. The predicted molar refractivity (Wildman–Crippen MR) is 96.6 cm³/mol. The first kappa shape index (κ1) is 19.5. The van der Waals surface area contributed by atoms with Crippen molar-refractivity contribution in [3.8, 4) is 5.75 Å². The lowest BCUT2D eigenvalue weighted by Gasteiger charge is -2.34. The predicted octanol–water partition coefficient (Wildman–Crippen LogP) is 2.84. The molecule has 0 aromatic heterocycles. The monoisotopic (exact) mass is 393 g/mol. The van der Waals surface area contributed by atoms with Crippen molar-refractivity contribution in [3.63, 3.8) is 0 Å². The summed E-state index contributed by atoms with van der Waals surface area (Å²) >= 11 is 0. The number of nitrogens with zero attached hydrogens (tertiary/aromatic N) is 1. The van der Waals surface area contributed by atoms with Crippen LogP contribution in [0.25, 0.3) is 0 Å². The van der Waals surface area contributed by atoms with Crippen LogP contribution in [-0.4, -0.2) is 44.0 Å². The van der Waals surface area contributed by atoms with Gasteiger partial charge in [0.2, 0.25) is 10.0 Å². The molecule has 3 rings (SSSR count). The Morgan fingerprint density at radius 1 is 1.07 bits per heavy atom. The maximum Gasteiger partial charge on any atom is 0.343 e. The van der Waals surface area contributed by atoms with Gasteiger partial charge in [-0.15, -0.1) is 0 Å². The van der Waals surface area contributed by atoms with Gasteiger partial charge in [0.1, 0.15) is 0 Å². The molecule has 0 amide bonds. The van der Waals surface area contributed by atoms with E-state index in [1.54, 1.807) is 6.07 Å². The summed E-state index contributed by atoms with van der Waals surface area (Å²) in [4.78, 5) is 12.2. The Morgan fingerprint density at radius 2 is 1.67 bits per heavy atom. The highest BCUT2D eigenvalue weighted by molar-refractivity contribution is 7.89. The molecule has 2 aromatic carbocycles. The first-order chi connectivity index (χ1) is 12.8. The van der Waals surface area contributed by atoms with Crippen molar-refractivity contribution >= 4 is 16.0 Å². The highest BCUT2D eigenvalue weighted by Gasteiger charge is 2.32. The van der Waals surface area contributed by atoms with Crippen LogP contribution >= 0.6 is 0 Å². The van der Waals surface area contributed by atoms with Gasteiger partial charge in [-0.2, -0.15) is 4.31 Å². The van der Waals surface area contributed by atoms with Crippen LogP contribution in [0, 0.1) is 5.82 Å². The van der Waals surface area contributed by atoms with Crippen molar-refractivity contribution in [3.05, 3.63) is 59.9 Å². The lowest BCUT2D eigenvalue weighted by atomic mass is 10.2. The fourth-order valence-corrected chi connectivity index (χ4v) is 4.52. The summed E-state index contributed by atoms with van der Waals surface area (Å²) in [7, 11) is -3.69. The zero-order chi connectivity index (χ0) is 19.6. The lowest BCUT2D eigenvalue weighted by molar-refractivity contribution is -0.0440. The molecule has 1 aliphatic rings. The third-order valence-electron chi connectivity index (χ3n) is 4.15. The van der Waals surface area contributed by atoms with Gasteiger partial charge in [0.25, 0.3) is 0 Å². The first-order valence-electron chi connectivity index (χ1n) is 8.50. The van der Waals surface area contributed by atoms with Crippen LogP contribution in [0.2, 0.25) is 0 Å². The molecule has 1 fully saturated rings. The molecule has 2 aromatic rings. The van der Waals surface area contributed by atoms with E-state index in [0.29, 0.717) is 0 Å². The summed E-state index contributed by atoms with van der Waals surface area (Å²) in [5.74, 6) is -1.60. The van der Waals surface area contributed by atoms with E-state index in [1.807, 2.05) is 13.8 Å². The number of hydrogen-bond acceptors (Lipinski definition) is 5. The number of morpholine rings is 1. The zero-order valence-corrected chi connectivity index (χ0v) is 15.8. The second-order valence-electron chi connectivity index (χ2n) is 6.42. The molecule has 1 aliphatic heterocycles. The van der Waals surface area contributed by atoms with E-state index in [2.05, 4.69) is 0 Å². The molecule has 0 spiro atoms. The molecule has 6 nitrogen and oxygen atoms in total. The molecule has 144 valence electrons. The van der Waals surface area contributed by atoms with E-state index < -0.39 is 21.8 Å². The minimum Gasteiger partial charge on any atom is -0.420 e. The maximum atomic E-state index is 13.6. The molecule has 0 bridgehead atoms. The highest BCUT2D eigenvalue weighted by atomic mass is 32.2. The van der Waals surface area contributed by atoms with Crippen LogP contribution in [0.5, 0.6) is 5.75 Å². The number of esters is 1. The van der Waals surface area contributed by atoms with Crippen LogP contribution in [0.4, 0.5) is 4.39 Å². The minimum absolute atomic E-state index is 0.0752. The molecule has 8 heteroatoms. The van der Waals surface area contributed by atoms with Gasteiger partial charge in [-0.1, -0.05) is 12.1 Å². The third kappa shape index (κ3) is 4.35. The quantitative estimate of drug-likeness (QED) is 0.590. The van der Waals surface area contributed by atoms with Crippen molar-refractivity contribution < 1.29 is 27.1 Å². The van der Waals surface area contributed by atoms with Crippen molar-refractivity contribution in [1.82, 2.24) is 4.31 Å². The molecule has 0 saturated carbocycles. The average molecular weight is 393 g/mol. The Bertz CT molecular complexity index is 919. The van der Waals surface area contributed by atoms with Crippen molar-refractivity contribution in [2.75, 3.05) is 13.1 Å². The second kappa shape index (κ2) is 7.75.